The summed E-state index contributed by atoms with van der Waals surface area (Å²) < 4.78 is 59.2. The Balaban J connectivity index is 0.000000551. The van der Waals surface area contributed by atoms with Crippen LogP contribution in [0.25, 0.3) is 11.1 Å². The molecule has 0 radical (unpaired) electrons. The van der Waals surface area contributed by atoms with E-state index in [1.807, 2.05) is 55.4 Å². The average molecular weight is 651 g/mol. The van der Waals surface area contributed by atoms with Crippen LogP contribution in [0.4, 0.5) is 42.4 Å². The number of aromatic amines is 1. The minimum atomic E-state index is -10.7. The number of aromatic nitrogens is 2. The van der Waals surface area contributed by atoms with Crippen LogP contribution in [-0.4, -0.2) is 24.3 Å². The van der Waals surface area contributed by atoms with E-state index in [4.69, 9.17) is 0 Å². The third-order valence-corrected chi connectivity index (χ3v) is 4.01. The number of hydrogen-bond acceptors (Lipinski definition) is 4. The Hall–Kier alpha value is -2.81. The fourth-order valence-electron chi connectivity index (χ4n) is 2.49. The SMILES string of the molecule is CN(C)c1ccc(N=Nc2ccn[nH]2)cc1.F[P-](F)(F)(F)(F)F.[Cl-].[Ru+2].c1ccc(-c2ccccc2)cc1. The van der Waals surface area contributed by atoms with Crippen molar-refractivity contribution >= 4 is 25.0 Å². The first kappa shape index (κ1) is 34.2. The molecular weight excluding hydrogens is 628 g/mol. The second-order valence-corrected chi connectivity index (χ2v) is 9.16. The molecule has 0 bridgehead atoms. The summed E-state index contributed by atoms with van der Waals surface area (Å²) in [5.74, 6) is 0.650. The fraction of sp³-hybridized carbons (Fsp3) is 0.0870. The van der Waals surface area contributed by atoms with Crippen molar-refractivity contribution in [3.8, 4) is 11.1 Å². The molecule has 0 aliphatic carbocycles. The van der Waals surface area contributed by atoms with Gasteiger partial charge in [0.05, 0.1) is 11.9 Å². The number of nitrogens with one attached hydrogen (secondary N) is 1. The molecule has 4 aromatic rings. The monoisotopic (exact) mass is 651 g/mol. The summed E-state index contributed by atoms with van der Waals surface area (Å²) >= 11 is 0. The van der Waals surface area contributed by atoms with Crippen LogP contribution in [0.5, 0.6) is 0 Å². The summed E-state index contributed by atoms with van der Waals surface area (Å²) in [6, 6.07) is 30.4. The third-order valence-electron chi connectivity index (χ3n) is 4.01. The fourth-order valence-corrected chi connectivity index (χ4v) is 2.49. The molecule has 0 saturated carbocycles. The van der Waals surface area contributed by atoms with Crippen LogP contribution in [0.2, 0.25) is 0 Å². The zero-order valence-corrected chi connectivity index (χ0v) is 22.9. The topological polar surface area (TPSA) is 56.6 Å². The van der Waals surface area contributed by atoms with Crippen molar-refractivity contribution in [1.29, 1.82) is 0 Å². The minimum absolute atomic E-state index is 0. The van der Waals surface area contributed by atoms with Gasteiger partial charge in [-0.05, 0) is 35.4 Å². The van der Waals surface area contributed by atoms with Crippen molar-refractivity contribution in [2.24, 2.45) is 10.2 Å². The maximum atomic E-state index is 9.87. The molecule has 37 heavy (non-hydrogen) atoms. The summed E-state index contributed by atoms with van der Waals surface area (Å²) in [6.45, 7) is 0. The molecule has 1 N–H and O–H groups in total. The van der Waals surface area contributed by atoms with E-state index in [9.17, 15) is 25.2 Å². The molecule has 0 unspecified atom stereocenters. The normalized spacial score (nSPS) is 12.2. The number of hydrogen-bond donors (Lipinski definition) is 1. The van der Waals surface area contributed by atoms with Gasteiger partial charge in [0, 0.05) is 25.8 Å². The van der Waals surface area contributed by atoms with Gasteiger partial charge in [-0.2, -0.15) is 5.10 Å². The molecule has 5 nitrogen and oxygen atoms in total. The van der Waals surface area contributed by atoms with Gasteiger partial charge in [-0.25, -0.2) is 0 Å². The summed E-state index contributed by atoms with van der Waals surface area (Å²) in [7, 11) is -6.66. The first-order chi connectivity index (χ1) is 16.2. The van der Waals surface area contributed by atoms with E-state index in [0.717, 1.165) is 11.4 Å². The third kappa shape index (κ3) is 17.3. The van der Waals surface area contributed by atoms with Gasteiger partial charge in [0.25, 0.3) is 0 Å². The van der Waals surface area contributed by atoms with Gasteiger partial charge in [-0.1, -0.05) is 60.7 Å². The Labute approximate surface area is 229 Å². The Morgan fingerprint density at radius 1 is 0.676 bits per heavy atom. The van der Waals surface area contributed by atoms with Crippen LogP contribution in [0, 0.1) is 0 Å². The van der Waals surface area contributed by atoms with E-state index in [0.29, 0.717) is 5.82 Å². The van der Waals surface area contributed by atoms with E-state index >= 15 is 0 Å². The average Bonchev–Trinajstić information content (AvgIpc) is 3.31. The molecule has 0 aliphatic rings. The van der Waals surface area contributed by atoms with Crippen molar-refractivity contribution in [2.75, 3.05) is 19.0 Å². The molecule has 0 saturated heterocycles. The van der Waals surface area contributed by atoms with E-state index < -0.39 is 7.81 Å². The molecule has 202 valence electrons. The van der Waals surface area contributed by atoms with Gasteiger partial charge in [-0.3, -0.25) is 5.10 Å². The number of benzene rings is 3. The molecule has 0 amide bonds. The number of anilines is 1. The zero-order valence-electron chi connectivity index (χ0n) is 19.5. The quantitative estimate of drug-likeness (QED) is 0.117. The van der Waals surface area contributed by atoms with E-state index in [1.54, 1.807) is 12.3 Å². The van der Waals surface area contributed by atoms with Crippen LogP contribution < -0.4 is 17.3 Å². The van der Waals surface area contributed by atoms with Crippen molar-refractivity contribution in [3.63, 3.8) is 0 Å². The largest absolute Gasteiger partial charge is 2.00 e. The van der Waals surface area contributed by atoms with Gasteiger partial charge in [0.15, 0.2) is 5.82 Å². The summed E-state index contributed by atoms with van der Waals surface area (Å²) in [6.07, 6.45) is 1.64. The molecule has 4 rings (SSSR count). The van der Waals surface area contributed by atoms with E-state index in [-0.39, 0.29) is 31.9 Å². The number of halogens is 7. The van der Waals surface area contributed by atoms with Crippen LogP contribution in [-0.2, 0) is 19.5 Å². The first-order valence-corrected chi connectivity index (χ1v) is 12.1. The van der Waals surface area contributed by atoms with Gasteiger partial charge in [0.2, 0.25) is 0 Å². The Morgan fingerprint density at radius 3 is 1.46 bits per heavy atom. The van der Waals surface area contributed by atoms with Crippen LogP contribution in [0.15, 0.2) is 107 Å². The van der Waals surface area contributed by atoms with Crippen molar-refractivity contribution in [2.45, 2.75) is 0 Å². The summed E-state index contributed by atoms with van der Waals surface area (Å²) in [5, 5.41) is 14.6. The Kier molecular flexibility index (Phi) is 12.6. The summed E-state index contributed by atoms with van der Waals surface area (Å²) in [5.41, 5.74) is 4.51. The smallest absolute Gasteiger partial charge is 1.00 e. The van der Waals surface area contributed by atoms with Crippen molar-refractivity contribution in [3.05, 3.63) is 97.2 Å². The zero-order chi connectivity index (χ0) is 26.0. The number of nitrogens with zero attached hydrogens (tertiary/aromatic N) is 4. The standard InChI is InChI=1S/C12H10.C11H13N5.ClH.F6P.Ru/c1-3-7-11(8-4-1)12-9-5-2-6-10-12;1-16(2)10-5-3-9(4-6-10)13-15-11-7-8-12-14-11;;1-7(2,3,4,5)6;/h1-10H;3-8H,1-2H3,(H,12,14);1H;;/q;;;-1;+2/p-1. The van der Waals surface area contributed by atoms with Gasteiger partial charge >= 0.3 is 52.5 Å². The van der Waals surface area contributed by atoms with E-state index in [1.165, 1.54) is 11.1 Å². The molecule has 14 heteroatoms. The number of H-pyrrole nitrogens is 1. The second kappa shape index (κ2) is 13.7. The van der Waals surface area contributed by atoms with Gasteiger partial charge in [-0.15, -0.1) is 10.2 Å². The van der Waals surface area contributed by atoms with Crippen LogP contribution in [0.3, 0.4) is 0 Å². The molecule has 0 aliphatic heterocycles. The molecule has 1 heterocycles. The number of rotatable bonds is 4. The van der Waals surface area contributed by atoms with Crippen LogP contribution in [0.1, 0.15) is 0 Å². The molecular formula is C23H23ClF6N5PRu. The molecule has 3 aromatic carbocycles. The first-order valence-electron chi connectivity index (χ1n) is 10.0. The molecule has 0 atom stereocenters. The predicted molar refractivity (Wildman–Crippen MR) is 129 cm³/mol. The predicted octanol–water partition coefficient (Wildman–Crippen LogP) is 6.63. The van der Waals surface area contributed by atoms with E-state index in [2.05, 4.69) is 69.0 Å². The van der Waals surface area contributed by atoms with Gasteiger partial charge in [0.1, 0.15) is 0 Å². The maximum Gasteiger partial charge on any atom is 2.00 e. The van der Waals surface area contributed by atoms with Crippen molar-refractivity contribution < 1.29 is 57.1 Å². The van der Waals surface area contributed by atoms with Crippen LogP contribution >= 0.6 is 7.81 Å². The number of azo groups is 1. The van der Waals surface area contributed by atoms with Gasteiger partial charge < -0.3 is 17.3 Å². The second-order valence-electron chi connectivity index (χ2n) is 7.24. The molecule has 1 aromatic heterocycles. The maximum absolute atomic E-state index is 10.7. The molecule has 0 fully saturated rings. The van der Waals surface area contributed by atoms with Crippen molar-refractivity contribution in [1.82, 2.24) is 10.2 Å². The molecule has 0 spiro atoms. The summed E-state index contributed by atoms with van der Waals surface area (Å²) in [4.78, 5) is 2.04. The Bertz CT molecular complexity index is 1150. The Morgan fingerprint density at radius 2 is 1.11 bits per heavy atom. The minimum Gasteiger partial charge on any atom is -1.00 e.